The largest absolute Gasteiger partial charge is 0.381 e. The van der Waals surface area contributed by atoms with Crippen LogP contribution in [0.2, 0.25) is 0 Å². The third kappa shape index (κ3) is 1.97. The molecule has 0 aromatic heterocycles. The predicted octanol–water partition coefficient (Wildman–Crippen LogP) is 1.91. The Morgan fingerprint density at radius 3 is 3.14 bits per heavy atom. The second-order valence-electron chi connectivity index (χ2n) is 3.69. The van der Waals surface area contributed by atoms with E-state index < -0.39 is 0 Å². The Hall–Kier alpha value is -0.860. The Labute approximate surface area is 85.3 Å². The van der Waals surface area contributed by atoms with E-state index in [0.717, 1.165) is 26.3 Å². The molecule has 0 amide bonds. The van der Waals surface area contributed by atoms with Crippen LogP contribution in [0.4, 0.5) is 0 Å². The van der Waals surface area contributed by atoms with Crippen molar-refractivity contribution in [3.63, 3.8) is 0 Å². The molecule has 76 valence electrons. The van der Waals surface area contributed by atoms with E-state index in [1.807, 2.05) is 6.92 Å². The fraction of sp³-hybridized carbons (Fsp3) is 0.500. The summed E-state index contributed by atoms with van der Waals surface area (Å²) in [6, 6.07) is 8.63. The molecule has 0 saturated carbocycles. The zero-order valence-electron chi connectivity index (χ0n) is 8.62. The molecule has 0 saturated heterocycles. The molecule has 1 atom stereocenters. The van der Waals surface area contributed by atoms with Gasteiger partial charge in [-0.2, -0.15) is 0 Å². The molecule has 14 heavy (non-hydrogen) atoms. The smallest absolute Gasteiger partial charge is 0.0546 e. The SMILES string of the molecule is CCOCC1CNCc2ccccc21. The number of benzene rings is 1. The summed E-state index contributed by atoms with van der Waals surface area (Å²) in [5.74, 6) is 0.528. The average Bonchev–Trinajstić information content (AvgIpc) is 2.26. The minimum atomic E-state index is 0.528. The van der Waals surface area contributed by atoms with Crippen molar-refractivity contribution in [2.24, 2.45) is 0 Å². The van der Waals surface area contributed by atoms with E-state index in [4.69, 9.17) is 4.74 Å². The Balaban J connectivity index is 2.14. The quantitative estimate of drug-likeness (QED) is 0.788. The Bertz CT molecular complexity index is 298. The van der Waals surface area contributed by atoms with Crippen LogP contribution >= 0.6 is 0 Å². The van der Waals surface area contributed by atoms with E-state index in [1.165, 1.54) is 11.1 Å². The monoisotopic (exact) mass is 191 g/mol. The third-order valence-corrected chi connectivity index (χ3v) is 2.72. The summed E-state index contributed by atoms with van der Waals surface area (Å²) in [6.07, 6.45) is 0. The number of ether oxygens (including phenoxy) is 1. The highest BCUT2D eigenvalue weighted by atomic mass is 16.5. The van der Waals surface area contributed by atoms with E-state index in [9.17, 15) is 0 Å². The molecular weight excluding hydrogens is 174 g/mol. The first-order chi connectivity index (χ1) is 6.92. The summed E-state index contributed by atoms with van der Waals surface area (Å²) in [5, 5.41) is 3.42. The number of hydrogen-bond acceptors (Lipinski definition) is 2. The van der Waals surface area contributed by atoms with Gasteiger partial charge in [0.25, 0.3) is 0 Å². The van der Waals surface area contributed by atoms with E-state index in [2.05, 4.69) is 29.6 Å². The van der Waals surface area contributed by atoms with Crippen LogP contribution in [-0.4, -0.2) is 19.8 Å². The lowest BCUT2D eigenvalue weighted by Crippen LogP contribution is -2.30. The summed E-state index contributed by atoms with van der Waals surface area (Å²) < 4.78 is 5.49. The van der Waals surface area contributed by atoms with Crippen LogP contribution in [0.3, 0.4) is 0 Å². The second-order valence-corrected chi connectivity index (χ2v) is 3.69. The number of fused-ring (bicyclic) bond motifs is 1. The van der Waals surface area contributed by atoms with Crippen molar-refractivity contribution < 1.29 is 4.74 Å². The van der Waals surface area contributed by atoms with E-state index in [1.54, 1.807) is 0 Å². The minimum Gasteiger partial charge on any atom is -0.381 e. The molecule has 1 aromatic carbocycles. The lowest BCUT2D eigenvalue weighted by atomic mass is 9.91. The summed E-state index contributed by atoms with van der Waals surface area (Å²) in [5.41, 5.74) is 2.88. The molecular formula is C12H17NO. The molecule has 0 radical (unpaired) electrons. The molecule has 1 aromatic rings. The van der Waals surface area contributed by atoms with Crippen LogP contribution in [0.5, 0.6) is 0 Å². The maximum atomic E-state index is 5.49. The summed E-state index contributed by atoms with van der Waals surface area (Å²) in [4.78, 5) is 0. The first kappa shape index (κ1) is 9.69. The first-order valence-electron chi connectivity index (χ1n) is 5.28. The van der Waals surface area contributed by atoms with Crippen LogP contribution in [0.1, 0.15) is 24.0 Å². The molecule has 0 aliphatic carbocycles. The van der Waals surface area contributed by atoms with Gasteiger partial charge in [-0.15, -0.1) is 0 Å². The average molecular weight is 191 g/mol. The maximum absolute atomic E-state index is 5.49. The molecule has 0 spiro atoms. The molecule has 1 heterocycles. The van der Waals surface area contributed by atoms with Gasteiger partial charge in [0.15, 0.2) is 0 Å². The lowest BCUT2D eigenvalue weighted by Gasteiger charge is -2.26. The zero-order valence-corrected chi connectivity index (χ0v) is 8.62. The van der Waals surface area contributed by atoms with Crippen LogP contribution in [0, 0.1) is 0 Å². The molecule has 1 aliphatic heterocycles. The van der Waals surface area contributed by atoms with Gasteiger partial charge in [0.2, 0.25) is 0 Å². The summed E-state index contributed by atoms with van der Waals surface area (Å²) >= 11 is 0. The van der Waals surface area contributed by atoms with Gasteiger partial charge < -0.3 is 10.1 Å². The van der Waals surface area contributed by atoms with Crippen molar-refractivity contribution in [3.05, 3.63) is 35.4 Å². The Morgan fingerprint density at radius 2 is 2.29 bits per heavy atom. The van der Waals surface area contributed by atoms with Crippen molar-refractivity contribution in [1.82, 2.24) is 5.32 Å². The van der Waals surface area contributed by atoms with Gasteiger partial charge in [-0.3, -0.25) is 0 Å². The van der Waals surface area contributed by atoms with Crippen LogP contribution < -0.4 is 5.32 Å². The van der Waals surface area contributed by atoms with Gasteiger partial charge in [-0.05, 0) is 18.1 Å². The number of rotatable bonds is 3. The van der Waals surface area contributed by atoms with Crippen molar-refractivity contribution >= 4 is 0 Å². The zero-order chi connectivity index (χ0) is 9.80. The molecule has 2 heteroatoms. The van der Waals surface area contributed by atoms with Gasteiger partial charge in [-0.25, -0.2) is 0 Å². The molecule has 1 aliphatic rings. The van der Waals surface area contributed by atoms with Crippen LogP contribution in [0.25, 0.3) is 0 Å². The highest BCUT2D eigenvalue weighted by Gasteiger charge is 2.18. The summed E-state index contributed by atoms with van der Waals surface area (Å²) in [6.45, 7) is 5.72. The summed E-state index contributed by atoms with van der Waals surface area (Å²) in [7, 11) is 0. The van der Waals surface area contributed by atoms with Gasteiger partial charge in [-0.1, -0.05) is 24.3 Å². The van der Waals surface area contributed by atoms with Crippen molar-refractivity contribution in [2.75, 3.05) is 19.8 Å². The molecule has 2 nitrogen and oxygen atoms in total. The minimum absolute atomic E-state index is 0.528. The normalized spacial score (nSPS) is 20.5. The van der Waals surface area contributed by atoms with Gasteiger partial charge >= 0.3 is 0 Å². The van der Waals surface area contributed by atoms with Crippen molar-refractivity contribution in [2.45, 2.75) is 19.4 Å². The third-order valence-electron chi connectivity index (χ3n) is 2.72. The standard InChI is InChI=1S/C12H17NO/c1-2-14-9-11-8-13-7-10-5-3-4-6-12(10)11/h3-6,11,13H,2,7-9H2,1H3. The van der Waals surface area contributed by atoms with E-state index >= 15 is 0 Å². The second kappa shape index (κ2) is 4.58. The van der Waals surface area contributed by atoms with Crippen molar-refractivity contribution in [1.29, 1.82) is 0 Å². The number of hydrogen-bond donors (Lipinski definition) is 1. The fourth-order valence-corrected chi connectivity index (χ4v) is 1.99. The molecule has 1 unspecified atom stereocenters. The maximum Gasteiger partial charge on any atom is 0.0546 e. The van der Waals surface area contributed by atoms with Gasteiger partial charge in [0, 0.05) is 25.6 Å². The highest BCUT2D eigenvalue weighted by Crippen LogP contribution is 2.23. The van der Waals surface area contributed by atoms with Gasteiger partial charge in [0.05, 0.1) is 6.61 Å². The van der Waals surface area contributed by atoms with Gasteiger partial charge in [0.1, 0.15) is 0 Å². The highest BCUT2D eigenvalue weighted by molar-refractivity contribution is 5.32. The molecule has 2 rings (SSSR count). The van der Waals surface area contributed by atoms with Crippen molar-refractivity contribution in [3.8, 4) is 0 Å². The van der Waals surface area contributed by atoms with Crippen LogP contribution in [0.15, 0.2) is 24.3 Å². The van der Waals surface area contributed by atoms with E-state index in [-0.39, 0.29) is 0 Å². The predicted molar refractivity (Wildman–Crippen MR) is 57.4 cm³/mol. The molecule has 0 bridgehead atoms. The first-order valence-corrected chi connectivity index (χ1v) is 5.28. The van der Waals surface area contributed by atoms with E-state index in [0.29, 0.717) is 5.92 Å². The molecule has 1 N–H and O–H groups in total. The lowest BCUT2D eigenvalue weighted by molar-refractivity contribution is 0.129. The molecule has 0 fully saturated rings. The number of nitrogens with one attached hydrogen (secondary N) is 1. The van der Waals surface area contributed by atoms with Crippen LogP contribution in [-0.2, 0) is 11.3 Å². The topological polar surface area (TPSA) is 21.3 Å². The Kier molecular flexibility index (Phi) is 3.17. The fourth-order valence-electron chi connectivity index (χ4n) is 1.99. The Morgan fingerprint density at radius 1 is 1.43 bits per heavy atom.